The predicted octanol–water partition coefficient (Wildman–Crippen LogP) is 4.73. The van der Waals surface area contributed by atoms with Crippen LogP contribution in [0.1, 0.15) is 19.4 Å². The summed E-state index contributed by atoms with van der Waals surface area (Å²) in [5.41, 5.74) is 2.48. The lowest BCUT2D eigenvalue weighted by atomic mass is 10.0. The summed E-state index contributed by atoms with van der Waals surface area (Å²) in [5, 5.41) is 0. The van der Waals surface area contributed by atoms with E-state index in [0.29, 0.717) is 11.8 Å². The summed E-state index contributed by atoms with van der Waals surface area (Å²) in [5.74, 6) is 1.12. The molecule has 0 radical (unpaired) electrons. The number of rotatable bonds is 3. The number of halogens is 2. The SMILES string of the molecule is CC(C)C(=Cc1ccc(Br)cc1)CCl. The zero-order valence-corrected chi connectivity index (χ0v) is 10.8. The van der Waals surface area contributed by atoms with Crippen molar-refractivity contribution in [2.45, 2.75) is 13.8 Å². The van der Waals surface area contributed by atoms with Gasteiger partial charge in [-0.2, -0.15) is 0 Å². The van der Waals surface area contributed by atoms with Crippen molar-refractivity contribution in [1.29, 1.82) is 0 Å². The Morgan fingerprint density at radius 2 is 1.93 bits per heavy atom. The van der Waals surface area contributed by atoms with E-state index in [1.807, 2.05) is 12.1 Å². The van der Waals surface area contributed by atoms with Crippen LogP contribution in [0, 0.1) is 5.92 Å². The van der Waals surface area contributed by atoms with E-state index < -0.39 is 0 Å². The average Bonchev–Trinajstić information content (AvgIpc) is 2.16. The summed E-state index contributed by atoms with van der Waals surface area (Å²) < 4.78 is 1.10. The molecule has 0 saturated carbocycles. The minimum atomic E-state index is 0.510. The highest BCUT2D eigenvalue weighted by Crippen LogP contribution is 2.17. The molecule has 1 aromatic rings. The van der Waals surface area contributed by atoms with Crippen LogP contribution in [0.25, 0.3) is 6.08 Å². The molecule has 0 atom stereocenters. The second-order valence-corrected chi connectivity index (χ2v) is 4.74. The van der Waals surface area contributed by atoms with E-state index in [0.717, 1.165) is 4.47 Å². The Labute approximate surface area is 99.1 Å². The van der Waals surface area contributed by atoms with Crippen molar-refractivity contribution in [3.63, 3.8) is 0 Å². The van der Waals surface area contributed by atoms with Crippen molar-refractivity contribution >= 4 is 33.6 Å². The third kappa shape index (κ3) is 3.47. The van der Waals surface area contributed by atoms with Gasteiger partial charge in [0, 0.05) is 10.4 Å². The summed E-state index contributed by atoms with van der Waals surface area (Å²) in [6, 6.07) is 8.24. The average molecular weight is 274 g/mol. The van der Waals surface area contributed by atoms with Gasteiger partial charge in [-0.25, -0.2) is 0 Å². The fourth-order valence-electron chi connectivity index (χ4n) is 1.13. The molecule has 0 heterocycles. The molecule has 0 amide bonds. The predicted molar refractivity (Wildman–Crippen MR) is 67.7 cm³/mol. The van der Waals surface area contributed by atoms with Crippen LogP contribution in [-0.2, 0) is 0 Å². The minimum Gasteiger partial charge on any atom is -0.122 e. The van der Waals surface area contributed by atoms with Crippen LogP contribution in [0.2, 0.25) is 0 Å². The maximum Gasteiger partial charge on any atom is 0.0439 e. The maximum absolute atomic E-state index is 5.87. The first-order chi connectivity index (χ1) is 6.63. The van der Waals surface area contributed by atoms with Gasteiger partial charge < -0.3 is 0 Å². The van der Waals surface area contributed by atoms with Crippen LogP contribution >= 0.6 is 27.5 Å². The maximum atomic E-state index is 5.87. The number of hydrogen-bond donors (Lipinski definition) is 0. The normalized spacial score (nSPS) is 12.2. The van der Waals surface area contributed by atoms with Crippen LogP contribution in [0.5, 0.6) is 0 Å². The molecular formula is C12H14BrCl. The van der Waals surface area contributed by atoms with E-state index in [4.69, 9.17) is 11.6 Å². The fourth-order valence-corrected chi connectivity index (χ4v) is 1.78. The van der Waals surface area contributed by atoms with Crippen molar-refractivity contribution < 1.29 is 0 Å². The molecule has 0 aliphatic rings. The second-order valence-electron chi connectivity index (χ2n) is 3.56. The molecule has 0 aromatic heterocycles. The molecule has 2 heteroatoms. The Morgan fingerprint density at radius 3 is 2.36 bits per heavy atom. The summed E-state index contributed by atoms with van der Waals surface area (Å²) in [6.45, 7) is 4.32. The molecule has 0 bridgehead atoms. The quantitative estimate of drug-likeness (QED) is 0.699. The molecule has 0 saturated heterocycles. The van der Waals surface area contributed by atoms with E-state index in [1.54, 1.807) is 0 Å². The van der Waals surface area contributed by atoms with Gasteiger partial charge in [0.05, 0.1) is 0 Å². The van der Waals surface area contributed by atoms with Crippen LogP contribution in [-0.4, -0.2) is 5.88 Å². The van der Waals surface area contributed by atoms with Gasteiger partial charge in [0.1, 0.15) is 0 Å². The summed E-state index contributed by atoms with van der Waals surface area (Å²) >= 11 is 9.28. The number of hydrogen-bond acceptors (Lipinski definition) is 0. The smallest absolute Gasteiger partial charge is 0.0439 e. The summed E-state index contributed by atoms with van der Waals surface area (Å²) in [4.78, 5) is 0. The number of allylic oxidation sites excluding steroid dienone is 1. The zero-order valence-electron chi connectivity index (χ0n) is 8.43. The standard InChI is InChI=1S/C12H14BrCl/c1-9(2)11(8-14)7-10-3-5-12(13)6-4-10/h3-7,9H,8H2,1-2H3. The van der Waals surface area contributed by atoms with Crippen LogP contribution in [0.15, 0.2) is 34.3 Å². The lowest BCUT2D eigenvalue weighted by Gasteiger charge is -2.07. The van der Waals surface area contributed by atoms with E-state index in [2.05, 4.69) is 48.0 Å². The molecule has 14 heavy (non-hydrogen) atoms. The van der Waals surface area contributed by atoms with Crippen molar-refractivity contribution in [1.82, 2.24) is 0 Å². The molecule has 0 spiro atoms. The first-order valence-corrected chi connectivity index (χ1v) is 5.98. The molecule has 0 aliphatic heterocycles. The van der Waals surface area contributed by atoms with Crippen molar-refractivity contribution in [2.24, 2.45) is 5.92 Å². The van der Waals surface area contributed by atoms with Gasteiger partial charge in [-0.3, -0.25) is 0 Å². The van der Waals surface area contributed by atoms with Crippen molar-refractivity contribution in [2.75, 3.05) is 5.88 Å². The van der Waals surface area contributed by atoms with Gasteiger partial charge in [-0.05, 0) is 23.6 Å². The first kappa shape index (κ1) is 11.8. The van der Waals surface area contributed by atoms with Gasteiger partial charge in [-0.15, -0.1) is 11.6 Å². The number of alkyl halides is 1. The van der Waals surface area contributed by atoms with Gasteiger partial charge in [0.2, 0.25) is 0 Å². The molecule has 76 valence electrons. The number of benzene rings is 1. The van der Waals surface area contributed by atoms with E-state index in [9.17, 15) is 0 Å². The molecule has 0 nitrogen and oxygen atoms in total. The molecule has 0 N–H and O–H groups in total. The second kappa shape index (κ2) is 5.57. The van der Waals surface area contributed by atoms with Crippen molar-refractivity contribution in [3.8, 4) is 0 Å². The van der Waals surface area contributed by atoms with Gasteiger partial charge >= 0.3 is 0 Å². The molecule has 0 fully saturated rings. The topological polar surface area (TPSA) is 0 Å². The van der Waals surface area contributed by atoms with Gasteiger partial charge in [0.25, 0.3) is 0 Å². The van der Waals surface area contributed by atoms with Crippen molar-refractivity contribution in [3.05, 3.63) is 39.9 Å². The Bertz CT molecular complexity index is 312. The Hall–Kier alpha value is -0.270. The van der Waals surface area contributed by atoms with Crippen LogP contribution in [0.3, 0.4) is 0 Å². The third-order valence-electron chi connectivity index (χ3n) is 2.12. The lowest BCUT2D eigenvalue weighted by Crippen LogP contribution is -1.94. The molecule has 0 unspecified atom stereocenters. The largest absolute Gasteiger partial charge is 0.122 e. The highest BCUT2D eigenvalue weighted by molar-refractivity contribution is 9.10. The first-order valence-electron chi connectivity index (χ1n) is 4.65. The van der Waals surface area contributed by atoms with Crippen LogP contribution in [0.4, 0.5) is 0 Å². The summed E-state index contributed by atoms with van der Waals surface area (Å²) in [7, 11) is 0. The molecule has 0 aliphatic carbocycles. The van der Waals surface area contributed by atoms with E-state index >= 15 is 0 Å². The third-order valence-corrected chi connectivity index (χ3v) is 2.96. The monoisotopic (exact) mass is 272 g/mol. The van der Waals surface area contributed by atoms with Gasteiger partial charge in [0.15, 0.2) is 0 Å². The zero-order chi connectivity index (χ0) is 10.6. The minimum absolute atomic E-state index is 0.510. The molecule has 1 rings (SSSR count). The van der Waals surface area contributed by atoms with Crippen LogP contribution < -0.4 is 0 Å². The lowest BCUT2D eigenvalue weighted by molar-refractivity contribution is 0.778. The Kier molecular flexibility index (Phi) is 4.70. The molecular weight excluding hydrogens is 259 g/mol. The highest BCUT2D eigenvalue weighted by atomic mass is 79.9. The summed E-state index contributed by atoms with van der Waals surface area (Å²) in [6.07, 6.45) is 2.16. The Morgan fingerprint density at radius 1 is 1.36 bits per heavy atom. The Balaban J connectivity index is 2.89. The fraction of sp³-hybridized carbons (Fsp3) is 0.333. The van der Waals surface area contributed by atoms with E-state index in [-0.39, 0.29) is 0 Å². The highest BCUT2D eigenvalue weighted by Gasteiger charge is 2.01. The van der Waals surface area contributed by atoms with Gasteiger partial charge in [-0.1, -0.05) is 53.6 Å². The van der Waals surface area contributed by atoms with E-state index in [1.165, 1.54) is 11.1 Å². The molecule has 1 aromatic carbocycles.